The van der Waals surface area contributed by atoms with Crippen molar-refractivity contribution in [2.24, 2.45) is 0 Å². The van der Waals surface area contributed by atoms with Crippen molar-refractivity contribution in [2.75, 3.05) is 0 Å². The Kier molecular flexibility index (Phi) is 5.15. The van der Waals surface area contributed by atoms with E-state index in [-0.39, 0.29) is 5.41 Å². The van der Waals surface area contributed by atoms with Crippen LogP contribution in [0, 0.1) is 0 Å². The molecule has 0 amide bonds. The summed E-state index contributed by atoms with van der Waals surface area (Å²) in [6, 6.07) is 49.4. The van der Waals surface area contributed by atoms with Crippen LogP contribution >= 0.6 is 0 Å². The van der Waals surface area contributed by atoms with Crippen LogP contribution in [0.2, 0.25) is 0 Å². The fraction of sp³-hybridized carbons (Fsp3) is 0.0667. The summed E-state index contributed by atoms with van der Waals surface area (Å²) < 4.78 is 9.46. The number of para-hydroxylation sites is 2. The first-order valence-corrected chi connectivity index (χ1v) is 16.9. The molecule has 1 aliphatic rings. The van der Waals surface area contributed by atoms with Crippen LogP contribution in [0.5, 0.6) is 0 Å². The molecule has 0 unspecified atom stereocenters. The van der Waals surface area contributed by atoms with Gasteiger partial charge in [-0.3, -0.25) is 4.57 Å². The molecule has 0 fully saturated rings. The first-order valence-electron chi connectivity index (χ1n) is 16.9. The van der Waals surface area contributed by atoms with Crippen LogP contribution in [-0.4, -0.2) is 14.5 Å². The maximum atomic E-state index is 7.24. The lowest BCUT2D eigenvalue weighted by atomic mass is 9.81. The lowest BCUT2D eigenvalue weighted by Crippen LogP contribution is -2.15. The zero-order valence-corrected chi connectivity index (χ0v) is 27.0. The Bertz CT molecular complexity index is 3020. The third-order valence-electron chi connectivity index (χ3n) is 10.7. The summed E-state index contributed by atoms with van der Waals surface area (Å²) >= 11 is 0. The van der Waals surface area contributed by atoms with Gasteiger partial charge in [0, 0.05) is 38.1 Å². The van der Waals surface area contributed by atoms with Crippen molar-refractivity contribution in [3.63, 3.8) is 0 Å². The third kappa shape index (κ3) is 3.42. The Hall–Kier alpha value is -6.26. The summed E-state index contributed by atoms with van der Waals surface area (Å²) in [6.07, 6.45) is 0. The molecule has 49 heavy (non-hydrogen) atoms. The molecule has 10 aromatic rings. The minimum Gasteiger partial charge on any atom is -0.457 e. The van der Waals surface area contributed by atoms with E-state index < -0.39 is 0 Å². The topological polar surface area (TPSA) is 43.9 Å². The summed E-state index contributed by atoms with van der Waals surface area (Å²) in [4.78, 5) is 10.6. The second-order valence-corrected chi connectivity index (χ2v) is 13.7. The molecule has 4 heteroatoms. The number of hydrogen-bond acceptors (Lipinski definition) is 3. The van der Waals surface area contributed by atoms with Crippen LogP contribution in [0.25, 0.3) is 93.6 Å². The largest absolute Gasteiger partial charge is 0.457 e. The molecule has 0 atom stereocenters. The van der Waals surface area contributed by atoms with E-state index in [0.29, 0.717) is 5.95 Å². The number of rotatable bonds is 2. The van der Waals surface area contributed by atoms with Gasteiger partial charge in [0.1, 0.15) is 11.3 Å². The molecule has 0 saturated carbocycles. The predicted octanol–water partition coefficient (Wildman–Crippen LogP) is 11.8. The molecule has 3 heterocycles. The monoisotopic (exact) mass is 627 g/mol. The van der Waals surface area contributed by atoms with E-state index in [2.05, 4.69) is 146 Å². The summed E-state index contributed by atoms with van der Waals surface area (Å²) in [5, 5.41) is 9.50. The highest BCUT2D eigenvalue weighted by atomic mass is 16.3. The van der Waals surface area contributed by atoms with Gasteiger partial charge in [0.15, 0.2) is 5.58 Å². The summed E-state index contributed by atoms with van der Waals surface area (Å²) in [7, 11) is 0. The molecule has 7 aromatic carbocycles. The summed E-state index contributed by atoms with van der Waals surface area (Å²) in [5.41, 5.74) is 9.24. The summed E-state index contributed by atoms with van der Waals surface area (Å²) in [6.45, 7) is 4.62. The van der Waals surface area contributed by atoms with Gasteiger partial charge in [-0.05, 0) is 64.7 Å². The summed E-state index contributed by atoms with van der Waals surface area (Å²) in [5.74, 6) is 1.64. The Morgan fingerprint density at radius 3 is 1.92 bits per heavy atom. The van der Waals surface area contributed by atoms with Crippen LogP contribution < -0.4 is 0 Å². The van der Waals surface area contributed by atoms with Gasteiger partial charge < -0.3 is 4.42 Å². The van der Waals surface area contributed by atoms with Crippen molar-refractivity contribution in [1.82, 2.24) is 14.5 Å². The minimum absolute atomic E-state index is 0.351. The quantitative estimate of drug-likeness (QED) is 0.179. The highest BCUT2D eigenvalue weighted by Gasteiger charge is 2.43. The Morgan fingerprint density at radius 2 is 1.12 bits per heavy atom. The van der Waals surface area contributed by atoms with Gasteiger partial charge in [0.05, 0.1) is 16.7 Å². The average molecular weight is 628 g/mol. The molecule has 0 aliphatic heterocycles. The number of benzene rings is 7. The molecule has 0 saturated heterocycles. The van der Waals surface area contributed by atoms with Gasteiger partial charge in [0.25, 0.3) is 0 Å². The van der Waals surface area contributed by atoms with E-state index in [9.17, 15) is 0 Å². The van der Waals surface area contributed by atoms with Crippen molar-refractivity contribution in [2.45, 2.75) is 19.3 Å². The zero-order valence-electron chi connectivity index (χ0n) is 27.0. The van der Waals surface area contributed by atoms with E-state index in [1.54, 1.807) is 0 Å². The molecule has 230 valence electrons. The van der Waals surface area contributed by atoms with Gasteiger partial charge in [-0.1, -0.05) is 121 Å². The number of furan rings is 1. The highest BCUT2D eigenvalue weighted by molar-refractivity contribution is 6.24. The number of nitrogens with zero attached hydrogens (tertiary/aromatic N) is 3. The zero-order chi connectivity index (χ0) is 32.4. The van der Waals surface area contributed by atoms with Crippen molar-refractivity contribution < 1.29 is 4.42 Å². The highest BCUT2D eigenvalue weighted by Crippen LogP contribution is 2.58. The minimum atomic E-state index is -0.351. The van der Waals surface area contributed by atoms with Crippen LogP contribution in [0.3, 0.4) is 0 Å². The van der Waals surface area contributed by atoms with E-state index in [0.717, 1.165) is 60.7 Å². The molecule has 3 aromatic heterocycles. The normalized spacial score (nSPS) is 13.7. The van der Waals surface area contributed by atoms with Crippen LogP contribution in [-0.2, 0) is 5.41 Å². The van der Waals surface area contributed by atoms with E-state index in [4.69, 9.17) is 14.4 Å². The van der Waals surface area contributed by atoms with E-state index in [1.165, 1.54) is 38.2 Å². The van der Waals surface area contributed by atoms with Gasteiger partial charge in [-0.2, -0.15) is 0 Å². The number of aromatic nitrogens is 3. The predicted molar refractivity (Wildman–Crippen MR) is 202 cm³/mol. The molecule has 0 N–H and O–H groups in total. The molecular weight excluding hydrogens is 599 g/mol. The van der Waals surface area contributed by atoms with Crippen molar-refractivity contribution in [3.05, 3.63) is 151 Å². The van der Waals surface area contributed by atoms with Gasteiger partial charge in [-0.25, -0.2) is 9.97 Å². The maximum absolute atomic E-state index is 7.24. The molecule has 0 spiro atoms. The van der Waals surface area contributed by atoms with Crippen LogP contribution in [0.15, 0.2) is 144 Å². The number of hydrogen-bond donors (Lipinski definition) is 0. The smallest absolute Gasteiger partial charge is 0.235 e. The first kappa shape index (κ1) is 26.8. The van der Waals surface area contributed by atoms with Crippen molar-refractivity contribution in [1.29, 1.82) is 0 Å². The number of fused-ring (bicyclic) bond motifs is 15. The molecule has 4 nitrogen and oxygen atoms in total. The van der Waals surface area contributed by atoms with Crippen LogP contribution in [0.1, 0.15) is 25.2 Å². The standard InChI is InChI=1S/C45H29N3O/c1-45(2)39-31-20-9-7-17-28(31)27-16-6-8-19-30(27)37(39)38-34-25-24-32-29-18-11-13-23-36(29)48(41(32)42(34)49-43(38)45)44-46-35-22-12-10-21-33(35)40(47-44)26-14-4-3-5-15-26/h3-25H,1-2H3. The van der Waals surface area contributed by atoms with E-state index in [1.807, 2.05) is 12.1 Å². The Labute approximate surface area is 281 Å². The second kappa shape index (κ2) is 9.42. The lowest BCUT2D eigenvalue weighted by Gasteiger charge is -2.22. The second-order valence-electron chi connectivity index (χ2n) is 13.7. The van der Waals surface area contributed by atoms with Gasteiger partial charge >= 0.3 is 0 Å². The third-order valence-corrected chi connectivity index (χ3v) is 10.7. The fourth-order valence-corrected chi connectivity index (χ4v) is 8.64. The van der Waals surface area contributed by atoms with Gasteiger partial charge in [-0.15, -0.1) is 0 Å². The van der Waals surface area contributed by atoms with Crippen molar-refractivity contribution >= 4 is 65.2 Å². The molecule has 0 bridgehead atoms. The first-order chi connectivity index (χ1) is 24.1. The molecular formula is C45H29N3O. The SMILES string of the molecule is CC1(C)c2oc3c(ccc4c5ccccc5n(-c5nc(-c6ccccc6)c6ccccc6n5)c43)c2-c2c1c1ccccc1c1ccccc21. The molecule has 1 aliphatic carbocycles. The van der Waals surface area contributed by atoms with Gasteiger partial charge in [0.2, 0.25) is 5.95 Å². The molecule has 0 radical (unpaired) electrons. The average Bonchev–Trinajstić information content (AvgIpc) is 3.78. The van der Waals surface area contributed by atoms with Crippen LogP contribution in [0.4, 0.5) is 0 Å². The van der Waals surface area contributed by atoms with Crippen molar-refractivity contribution in [3.8, 4) is 28.3 Å². The fourth-order valence-electron chi connectivity index (χ4n) is 8.64. The molecule has 11 rings (SSSR count). The Balaban J connectivity index is 1.30. The van der Waals surface area contributed by atoms with E-state index >= 15 is 0 Å². The lowest BCUT2D eigenvalue weighted by molar-refractivity contribution is 0.467. The Morgan fingerprint density at radius 1 is 0.510 bits per heavy atom. The maximum Gasteiger partial charge on any atom is 0.235 e.